The molecular formula is C22H27NO3S. The number of fused-ring (bicyclic) bond motifs is 1. The van der Waals surface area contributed by atoms with Gasteiger partial charge in [0, 0.05) is 33.8 Å². The van der Waals surface area contributed by atoms with Gasteiger partial charge in [-0.05, 0) is 63.3 Å². The van der Waals surface area contributed by atoms with Crippen molar-refractivity contribution in [3.63, 3.8) is 0 Å². The second-order valence-electron chi connectivity index (χ2n) is 7.85. The number of aryl methyl sites for hydroxylation is 3. The number of ketones is 1. The molecule has 0 spiro atoms. The van der Waals surface area contributed by atoms with Gasteiger partial charge in [0.15, 0.2) is 5.78 Å². The van der Waals surface area contributed by atoms with E-state index in [1.807, 2.05) is 37.3 Å². The zero-order chi connectivity index (χ0) is 19.0. The normalized spacial score (nSPS) is 27.6. The lowest BCUT2D eigenvalue weighted by Crippen LogP contribution is -2.44. The highest BCUT2D eigenvalue weighted by atomic mass is 32.1. The number of benzene rings is 1. The van der Waals surface area contributed by atoms with E-state index in [-0.39, 0.29) is 23.8 Å². The van der Waals surface area contributed by atoms with Crippen LogP contribution in [0.3, 0.4) is 0 Å². The average molecular weight is 386 g/mol. The summed E-state index contributed by atoms with van der Waals surface area (Å²) in [7, 11) is 0. The third-order valence-corrected chi connectivity index (χ3v) is 6.86. The first-order chi connectivity index (χ1) is 13.0. The van der Waals surface area contributed by atoms with Crippen LogP contribution in [-0.2, 0) is 6.42 Å². The molecule has 4 nitrogen and oxygen atoms in total. The molecule has 1 aromatic heterocycles. The fourth-order valence-corrected chi connectivity index (χ4v) is 5.32. The molecule has 1 aromatic carbocycles. The van der Waals surface area contributed by atoms with E-state index in [4.69, 9.17) is 4.74 Å². The Bertz CT molecular complexity index is 831. The summed E-state index contributed by atoms with van der Waals surface area (Å²) in [6.07, 6.45) is 2.81. The second kappa shape index (κ2) is 7.74. The van der Waals surface area contributed by atoms with E-state index < -0.39 is 6.10 Å². The number of carbonyl (C=O) groups excluding carboxylic acids is 1. The summed E-state index contributed by atoms with van der Waals surface area (Å²) in [5.74, 6) is 1.08. The molecule has 144 valence electrons. The van der Waals surface area contributed by atoms with Crippen LogP contribution >= 0.6 is 11.3 Å². The lowest BCUT2D eigenvalue weighted by molar-refractivity contribution is 0.0441. The predicted octanol–water partition coefficient (Wildman–Crippen LogP) is 3.67. The zero-order valence-electron chi connectivity index (χ0n) is 15.9. The third-order valence-electron chi connectivity index (χ3n) is 5.75. The largest absolute Gasteiger partial charge is 0.488 e. The Morgan fingerprint density at radius 2 is 2.07 bits per heavy atom. The molecule has 2 aliphatic rings. The molecule has 0 radical (unpaired) electrons. The molecule has 0 amide bonds. The molecule has 0 bridgehead atoms. The van der Waals surface area contributed by atoms with Gasteiger partial charge in [-0.1, -0.05) is 12.1 Å². The molecule has 1 saturated carbocycles. The van der Waals surface area contributed by atoms with Gasteiger partial charge in [-0.3, -0.25) is 4.79 Å². The van der Waals surface area contributed by atoms with E-state index in [1.54, 1.807) is 11.3 Å². The zero-order valence-corrected chi connectivity index (χ0v) is 16.7. The van der Waals surface area contributed by atoms with Gasteiger partial charge in [0.25, 0.3) is 0 Å². The number of hydrogen-bond donors (Lipinski definition) is 2. The first kappa shape index (κ1) is 18.7. The van der Waals surface area contributed by atoms with Crippen LogP contribution in [0.4, 0.5) is 0 Å². The fraction of sp³-hybridized carbons (Fsp3) is 0.500. The summed E-state index contributed by atoms with van der Waals surface area (Å²) in [4.78, 5) is 15.2. The summed E-state index contributed by atoms with van der Waals surface area (Å²) in [5.41, 5.74) is 2.07. The Morgan fingerprint density at radius 1 is 1.22 bits per heavy atom. The van der Waals surface area contributed by atoms with Crippen LogP contribution in [0, 0.1) is 19.8 Å². The van der Waals surface area contributed by atoms with Crippen molar-refractivity contribution in [1.29, 1.82) is 0 Å². The second-order valence-corrected chi connectivity index (χ2v) is 9.19. The maximum absolute atomic E-state index is 12.7. The van der Waals surface area contributed by atoms with Crippen molar-refractivity contribution in [2.75, 3.05) is 6.54 Å². The highest BCUT2D eigenvalue weighted by molar-refractivity contribution is 7.12. The maximum atomic E-state index is 12.7. The third kappa shape index (κ3) is 3.96. The highest BCUT2D eigenvalue weighted by Gasteiger charge is 2.37. The van der Waals surface area contributed by atoms with E-state index >= 15 is 0 Å². The van der Waals surface area contributed by atoms with Crippen molar-refractivity contribution in [2.24, 2.45) is 5.92 Å². The first-order valence-electron chi connectivity index (χ1n) is 9.79. The number of rotatable bonds is 5. The van der Waals surface area contributed by atoms with Gasteiger partial charge < -0.3 is 15.2 Å². The Kier molecular flexibility index (Phi) is 5.35. The van der Waals surface area contributed by atoms with Gasteiger partial charge in [0.2, 0.25) is 0 Å². The molecule has 2 aliphatic carbocycles. The summed E-state index contributed by atoms with van der Waals surface area (Å²) >= 11 is 1.74. The van der Waals surface area contributed by atoms with Crippen LogP contribution in [0.25, 0.3) is 0 Å². The fourth-order valence-electron chi connectivity index (χ4n) is 4.26. The summed E-state index contributed by atoms with van der Waals surface area (Å²) in [6, 6.07) is 9.94. The molecular weight excluding hydrogens is 358 g/mol. The van der Waals surface area contributed by atoms with Gasteiger partial charge in [-0.2, -0.15) is 0 Å². The standard InChI is InChI=1S/C22H27NO3S/c1-13-4-3-5-16(10-13)26-19-8-7-18(22(19)25)23-12-15-6-9-20-17(21(15)24)11-14(2)27-20/h3-5,10-11,15,18-19,22-23,25H,6-9,12H2,1-2H3/t15?,18-,19-,22-/m1/s1. The number of ether oxygens (including phenoxy) is 1. The van der Waals surface area contributed by atoms with Gasteiger partial charge in [-0.25, -0.2) is 0 Å². The van der Waals surface area contributed by atoms with Crippen molar-refractivity contribution in [2.45, 2.75) is 57.8 Å². The molecule has 0 aliphatic heterocycles. The molecule has 4 atom stereocenters. The van der Waals surface area contributed by atoms with E-state index in [2.05, 4.69) is 12.2 Å². The minimum Gasteiger partial charge on any atom is -0.488 e. The lowest BCUT2D eigenvalue weighted by atomic mass is 9.87. The van der Waals surface area contributed by atoms with Crippen LogP contribution < -0.4 is 10.1 Å². The Labute approximate surface area is 164 Å². The number of thiophene rings is 1. The number of aliphatic hydroxyl groups excluding tert-OH is 1. The molecule has 2 aromatic rings. The van der Waals surface area contributed by atoms with E-state index in [1.165, 1.54) is 9.75 Å². The molecule has 2 N–H and O–H groups in total. The SMILES string of the molecule is Cc1cccc(O[C@@H]2CC[C@@H](NCC3CCc4sc(C)cc4C3=O)[C@H]2O)c1. The van der Waals surface area contributed by atoms with Crippen LogP contribution in [0.5, 0.6) is 5.75 Å². The molecule has 27 heavy (non-hydrogen) atoms. The molecule has 1 unspecified atom stereocenters. The van der Waals surface area contributed by atoms with Crippen molar-refractivity contribution < 1.29 is 14.6 Å². The van der Waals surface area contributed by atoms with Gasteiger partial charge >= 0.3 is 0 Å². The van der Waals surface area contributed by atoms with Crippen LogP contribution in [0.1, 0.15) is 44.9 Å². The van der Waals surface area contributed by atoms with E-state index in [0.29, 0.717) is 6.54 Å². The average Bonchev–Trinajstić information content (AvgIpc) is 3.18. The van der Waals surface area contributed by atoms with Crippen LogP contribution in [0.2, 0.25) is 0 Å². The number of aliphatic hydroxyl groups is 1. The first-order valence-corrected chi connectivity index (χ1v) is 10.6. The Balaban J connectivity index is 1.32. The predicted molar refractivity (Wildman–Crippen MR) is 108 cm³/mol. The summed E-state index contributed by atoms with van der Waals surface area (Å²) in [6.45, 7) is 4.72. The Hall–Kier alpha value is -1.69. The summed E-state index contributed by atoms with van der Waals surface area (Å²) < 4.78 is 6.01. The maximum Gasteiger partial charge on any atom is 0.168 e. The molecule has 1 fully saturated rings. The number of carbonyl (C=O) groups is 1. The molecule has 5 heteroatoms. The minimum atomic E-state index is -0.553. The summed E-state index contributed by atoms with van der Waals surface area (Å²) in [5, 5.41) is 14.1. The Morgan fingerprint density at radius 3 is 2.89 bits per heavy atom. The number of Topliss-reactive ketones (excluding diaryl/α,β-unsaturated/α-hetero) is 1. The topological polar surface area (TPSA) is 58.6 Å². The van der Waals surface area contributed by atoms with Crippen molar-refractivity contribution in [3.05, 3.63) is 51.2 Å². The molecule has 0 saturated heterocycles. The number of nitrogens with one attached hydrogen (secondary N) is 1. The lowest BCUT2D eigenvalue weighted by Gasteiger charge is -2.25. The van der Waals surface area contributed by atoms with Gasteiger partial charge in [-0.15, -0.1) is 11.3 Å². The van der Waals surface area contributed by atoms with E-state index in [0.717, 1.165) is 42.6 Å². The van der Waals surface area contributed by atoms with Crippen molar-refractivity contribution in [1.82, 2.24) is 5.32 Å². The van der Waals surface area contributed by atoms with Gasteiger partial charge in [0.05, 0.1) is 0 Å². The van der Waals surface area contributed by atoms with Crippen molar-refractivity contribution >= 4 is 17.1 Å². The molecule has 4 rings (SSSR count). The minimum absolute atomic E-state index is 0.00967. The molecule has 1 heterocycles. The monoisotopic (exact) mass is 385 g/mol. The van der Waals surface area contributed by atoms with Crippen molar-refractivity contribution in [3.8, 4) is 5.75 Å². The highest BCUT2D eigenvalue weighted by Crippen LogP contribution is 2.32. The van der Waals surface area contributed by atoms with Crippen LogP contribution in [-0.4, -0.2) is 35.7 Å². The number of hydrogen-bond acceptors (Lipinski definition) is 5. The van der Waals surface area contributed by atoms with E-state index in [9.17, 15) is 9.90 Å². The van der Waals surface area contributed by atoms with Crippen LogP contribution in [0.15, 0.2) is 30.3 Å². The quantitative estimate of drug-likeness (QED) is 0.824. The van der Waals surface area contributed by atoms with Gasteiger partial charge in [0.1, 0.15) is 18.0 Å². The smallest absolute Gasteiger partial charge is 0.168 e.